The van der Waals surface area contributed by atoms with Gasteiger partial charge in [0.15, 0.2) is 0 Å². The number of anilines is 1. The summed E-state index contributed by atoms with van der Waals surface area (Å²) in [6.45, 7) is 2.74. The van der Waals surface area contributed by atoms with Gasteiger partial charge in [-0.25, -0.2) is 8.42 Å². The molecule has 0 saturated carbocycles. The summed E-state index contributed by atoms with van der Waals surface area (Å²) < 4.78 is 70.3. The predicted octanol–water partition coefficient (Wildman–Crippen LogP) is 3.47. The van der Waals surface area contributed by atoms with Gasteiger partial charge in [-0.1, -0.05) is 12.1 Å². The van der Waals surface area contributed by atoms with Gasteiger partial charge in [-0.2, -0.15) is 22.6 Å². The minimum absolute atomic E-state index is 0.0993. The first-order chi connectivity index (χ1) is 15.0. The summed E-state index contributed by atoms with van der Waals surface area (Å²) in [6, 6.07) is 7.95. The molecule has 172 valence electrons. The fourth-order valence-electron chi connectivity index (χ4n) is 2.97. The number of sulfonamides is 1. The van der Waals surface area contributed by atoms with Gasteiger partial charge in [0, 0.05) is 19.2 Å². The molecule has 1 N–H and O–H groups in total. The Labute approximate surface area is 181 Å². The van der Waals surface area contributed by atoms with Gasteiger partial charge < -0.3 is 4.74 Å². The topological polar surface area (TPSA) is 114 Å². The molecule has 13 heteroatoms. The van der Waals surface area contributed by atoms with E-state index in [1.165, 1.54) is 28.6 Å². The Morgan fingerprint density at radius 1 is 1.16 bits per heavy atom. The van der Waals surface area contributed by atoms with Crippen molar-refractivity contribution in [2.75, 3.05) is 31.7 Å². The van der Waals surface area contributed by atoms with Crippen molar-refractivity contribution in [3.8, 4) is 0 Å². The van der Waals surface area contributed by atoms with E-state index in [-0.39, 0.29) is 23.7 Å². The zero-order valence-electron chi connectivity index (χ0n) is 16.8. The van der Waals surface area contributed by atoms with E-state index < -0.39 is 32.4 Å². The lowest BCUT2D eigenvalue weighted by Gasteiger charge is -2.26. The quantitative estimate of drug-likeness (QED) is 0.391. The molecule has 0 bridgehead atoms. The molecule has 2 aromatic rings. The van der Waals surface area contributed by atoms with Crippen LogP contribution in [0.2, 0.25) is 0 Å². The molecule has 1 aliphatic rings. The van der Waals surface area contributed by atoms with Gasteiger partial charge >= 0.3 is 6.18 Å². The number of hydrogen-bond donors (Lipinski definition) is 1. The van der Waals surface area contributed by atoms with E-state index in [1.54, 1.807) is 6.92 Å². The summed E-state index contributed by atoms with van der Waals surface area (Å²) in [7, 11) is -3.66. The van der Waals surface area contributed by atoms with Gasteiger partial charge in [-0.15, -0.1) is 0 Å². The van der Waals surface area contributed by atoms with E-state index in [0.717, 1.165) is 6.07 Å². The second-order valence-corrected chi connectivity index (χ2v) is 8.77. The van der Waals surface area contributed by atoms with Gasteiger partial charge in [0.1, 0.15) is 5.69 Å². The number of hydrogen-bond acceptors (Lipinski definition) is 7. The summed E-state index contributed by atoms with van der Waals surface area (Å²) in [5.41, 5.74) is 1.14. The second-order valence-electron chi connectivity index (χ2n) is 6.84. The zero-order valence-corrected chi connectivity index (χ0v) is 17.6. The van der Waals surface area contributed by atoms with Gasteiger partial charge in [0.2, 0.25) is 10.0 Å². The molecule has 9 nitrogen and oxygen atoms in total. The highest BCUT2D eigenvalue weighted by molar-refractivity contribution is 7.89. The molecular weight excluding hydrogens is 453 g/mol. The third kappa shape index (κ3) is 5.23. The molecule has 0 aliphatic carbocycles. The average Bonchev–Trinajstić information content (AvgIpc) is 2.77. The first-order valence-corrected chi connectivity index (χ1v) is 10.8. The highest BCUT2D eigenvalue weighted by atomic mass is 32.2. The van der Waals surface area contributed by atoms with Crippen LogP contribution in [0.25, 0.3) is 0 Å². The normalized spacial score (nSPS) is 16.1. The van der Waals surface area contributed by atoms with Crippen LogP contribution in [0.4, 0.5) is 24.5 Å². The number of morpholine rings is 1. The number of nitrogens with one attached hydrogen (secondary N) is 1. The van der Waals surface area contributed by atoms with Crippen molar-refractivity contribution < 1.29 is 31.2 Å². The lowest BCUT2D eigenvalue weighted by molar-refractivity contribution is -0.384. The summed E-state index contributed by atoms with van der Waals surface area (Å²) >= 11 is 0. The molecule has 0 unspecified atom stereocenters. The molecule has 3 rings (SSSR count). The zero-order chi connectivity index (χ0) is 23.5. The van der Waals surface area contributed by atoms with E-state index in [9.17, 15) is 31.7 Å². The summed E-state index contributed by atoms with van der Waals surface area (Å²) in [5.74, 6) is 0. The third-order valence-electron chi connectivity index (χ3n) is 4.75. The maximum atomic E-state index is 12.8. The Kier molecular flexibility index (Phi) is 6.81. The predicted molar refractivity (Wildman–Crippen MR) is 110 cm³/mol. The number of nitro benzene ring substituents is 1. The van der Waals surface area contributed by atoms with Gasteiger partial charge in [0.05, 0.1) is 34.3 Å². The molecule has 0 spiro atoms. The Morgan fingerprint density at radius 3 is 2.34 bits per heavy atom. The second kappa shape index (κ2) is 9.22. The van der Waals surface area contributed by atoms with Crippen LogP contribution in [-0.4, -0.2) is 49.7 Å². The number of benzene rings is 2. The lowest BCUT2D eigenvalue weighted by Crippen LogP contribution is -2.40. The summed E-state index contributed by atoms with van der Waals surface area (Å²) in [6.07, 6.45) is -4.72. The molecule has 1 heterocycles. The number of hydrazone groups is 1. The van der Waals surface area contributed by atoms with Crippen LogP contribution in [0, 0.1) is 10.1 Å². The van der Waals surface area contributed by atoms with Gasteiger partial charge in [0.25, 0.3) is 5.69 Å². The number of alkyl halides is 3. The minimum atomic E-state index is -4.72. The van der Waals surface area contributed by atoms with Crippen LogP contribution >= 0.6 is 0 Å². The Morgan fingerprint density at radius 2 is 1.78 bits per heavy atom. The van der Waals surface area contributed by atoms with E-state index in [4.69, 9.17) is 4.74 Å². The van der Waals surface area contributed by atoms with Crippen LogP contribution in [0.15, 0.2) is 52.5 Å². The third-order valence-corrected chi connectivity index (χ3v) is 6.66. The van der Waals surface area contributed by atoms with E-state index in [0.29, 0.717) is 36.6 Å². The van der Waals surface area contributed by atoms with Crippen molar-refractivity contribution >= 4 is 27.1 Å². The molecule has 32 heavy (non-hydrogen) atoms. The number of nitrogens with zero attached hydrogens (tertiary/aromatic N) is 3. The van der Waals surface area contributed by atoms with E-state index in [2.05, 4.69) is 10.5 Å². The van der Waals surface area contributed by atoms with Gasteiger partial charge in [-0.3, -0.25) is 15.5 Å². The van der Waals surface area contributed by atoms with Crippen molar-refractivity contribution in [2.45, 2.75) is 18.0 Å². The number of nitro groups is 1. The SMILES string of the molecule is C/C(=N\Nc1ccc(C(F)(F)F)cc1[N+](=O)[O-])c1ccc(S(=O)(=O)N2CCOCC2)cc1. The van der Waals surface area contributed by atoms with Crippen LogP contribution in [-0.2, 0) is 20.9 Å². The highest BCUT2D eigenvalue weighted by Crippen LogP contribution is 2.35. The molecule has 0 radical (unpaired) electrons. The number of ether oxygens (including phenoxy) is 1. The molecule has 1 saturated heterocycles. The van der Waals surface area contributed by atoms with Crippen LogP contribution < -0.4 is 5.43 Å². The van der Waals surface area contributed by atoms with Crippen molar-refractivity contribution in [3.05, 3.63) is 63.7 Å². The fraction of sp³-hybridized carbons (Fsp3) is 0.316. The molecule has 0 aromatic heterocycles. The Bertz CT molecular complexity index is 1130. The van der Waals surface area contributed by atoms with Crippen molar-refractivity contribution in [1.29, 1.82) is 0 Å². The highest BCUT2D eigenvalue weighted by Gasteiger charge is 2.33. The standard InChI is InChI=1S/C19H19F3N4O5S/c1-13(23-24-17-7-4-15(19(20,21)22)12-18(17)26(27)28)14-2-5-16(6-3-14)32(29,30)25-8-10-31-11-9-25/h2-7,12,24H,8-11H2,1H3/b23-13+. The fourth-order valence-corrected chi connectivity index (χ4v) is 4.37. The summed E-state index contributed by atoms with van der Waals surface area (Å²) in [5, 5.41) is 15.1. The van der Waals surface area contributed by atoms with E-state index >= 15 is 0 Å². The molecule has 1 aliphatic heterocycles. The average molecular weight is 472 g/mol. The molecule has 0 atom stereocenters. The van der Waals surface area contributed by atoms with Crippen molar-refractivity contribution in [2.24, 2.45) is 5.10 Å². The van der Waals surface area contributed by atoms with Crippen LogP contribution in [0.1, 0.15) is 18.1 Å². The first kappa shape index (κ1) is 23.6. The molecule has 1 fully saturated rings. The summed E-state index contributed by atoms with van der Waals surface area (Å²) in [4.78, 5) is 10.3. The first-order valence-electron chi connectivity index (χ1n) is 9.34. The smallest absolute Gasteiger partial charge is 0.379 e. The molecular formula is C19H19F3N4O5S. The van der Waals surface area contributed by atoms with Crippen molar-refractivity contribution in [1.82, 2.24) is 4.31 Å². The van der Waals surface area contributed by atoms with E-state index in [1.807, 2.05) is 0 Å². The Balaban J connectivity index is 1.79. The molecule has 0 amide bonds. The van der Waals surface area contributed by atoms with Crippen molar-refractivity contribution in [3.63, 3.8) is 0 Å². The largest absolute Gasteiger partial charge is 0.416 e. The van der Waals surface area contributed by atoms with Gasteiger partial charge in [-0.05, 0) is 36.8 Å². The monoisotopic (exact) mass is 472 g/mol. The van der Waals surface area contributed by atoms with Crippen LogP contribution in [0.5, 0.6) is 0 Å². The van der Waals surface area contributed by atoms with Crippen LogP contribution in [0.3, 0.4) is 0 Å². The number of rotatable bonds is 6. The molecule has 2 aromatic carbocycles. The maximum absolute atomic E-state index is 12.8. The lowest BCUT2D eigenvalue weighted by atomic mass is 10.1. The minimum Gasteiger partial charge on any atom is -0.379 e. The Hall–Kier alpha value is -3.03. The maximum Gasteiger partial charge on any atom is 0.416 e. The number of halogens is 3.